The maximum atomic E-state index is 12.6. The lowest BCUT2D eigenvalue weighted by Crippen LogP contribution is -2.39. The van der Waals surface area contributed by atoms with E-state index in [0.29, 0.717) is 5.56 Å². The van der Waals surface area contributed by atoms with Crippen LogP contribution < -0.4 is 11.2 Å². The van der Waals surface area contributed by atoms with Gasteiger partial charge in [-0.1, -0.05) is 30.3 Å². The highest BCUT2D eigenvalue weighted by molar-refractivity contribution is 7.90. The molecule has 0 unspecified atom stereocenters. The number of hydrogen-bond donors (Lipinski definition) is 1. The van der Waals surface area contributed by atoms with Crippen molar-refractivity contribution in [1.29, 1.82) is 0 Å². The fourth-order valence-corrected chi connectivity index (χ4v) is 4.92. The van der Waals surface area contributed by atoms with Crippen LogP contribution in [0.1, 0.15) is 20.8 Å². The predicted molar refractivity (Wildman–Crippen MR) is 101 cm³/mol. The number of thiazole rings is 1. The molecule has 0 saturated heterocycles. The van der Waals surface area contributed by atoms with Crippen molar-refractivity contribution < 1.29 is 18.3 Å². The third-order valence-electron chi connectivity index (χ3n) is 4.06. The minimum absolute atomic E-state index is 0.0796. The lowest BCUT2D eigenvalue weighted by molar-refractivity contribution is 0.0701. The number of rotatable bonds is 6. The van der Waals surface area contributed by atoms with Crippen molar-refractivity contribution in [2.75, 3.05) is 5.75 Å². The van der Waals surface area contributed by atoms with Crippen LogP contribution in [0.25, 0.3) is 4.83 Å². The van der Waals surface area contributed by atoms with E-state index in [0.717, 1.165) is 26.5 Å². The van der Waals surface area contributed by atoms with Crippen LogP contribution in [-0.4, -0.2) is 34.2 Å². The van der Waals surface area contributed by atoms with Crippen molar-refractivity contribution >= 4 is 32.0 Å². The van der Waals surface area contributed by atoms with Gasteiger partial charge in [-0.15, -0.1) is 11.3 Å². The number of aryl methyl sites for hydroxylation is 1. The molecule has 0 saturated carbocycles. The highest BCUT2D eigenvalue weighted by Crippen LogP contribution is 2.18. The number of carbonyl (C=O) groups is 1. The van der Waals surface area contributed by atoms with E-state index < -0.39 is 27.1 Å². The Labute approximate surface area is 157 Å². The summed E-state index contributed by atoms with van der Waals surface area (Å²) in [4.78, 5) is 36.3. The third-order valence-corrected chi connectivity index (χ3v) is 6.84. The van der Waals surface area contributed by atoms with Gasteiger partial charge in [0.2, 0.25) is 0 Å². The summed E-state index contributed by atoms with van der Waals surface area (Å²) in [6.07, 6.45) is 1.14. The molecule has 0 spiro atoms. The summed E-state index contributed by atoms with van der Waals surface area (Å²) in [5, 5.41) is 9.09. The molecule has 0 radical (unpaired) electrons. The van der Waals surface area contributed by atoms with Gasteiger partial charge in [0.1, 0.15) is 9.71 Å². The molecule has 142 valence electrons. The van der Waals surface area contributed by atoms with Crippen LogP contribution in [-0.2, 0) is 22.1 Å². The second-order valence-electron chi connectivity index (χ2n) is 6.02. The van der Waals surface area contributed by atoms with E-state index in [1.165, 1.54) is 6.92 Å². The van der Waals surface area contributed by atoms with E-state index in [2.05, 4.69) is 0 Å². The standard InChI is InChI=1S/C17H16N2O6S2/c1-11-14(20)18(17(23)19-9-13(16(21)22)26-15(11)19)7-8-27(24,25)10-12-5-3-2-4-6-12/h2-6,9H,7-8,10H2,1H3,(H,21,22). The van der Waals surface area contributed by atoms with Crippen molar-refractivity contribution in [3.63, 3.8) is 0 Å². The van der Waals surface area contributed by atoms with Crippen LogP contribution in [0.3, 0.4) is 0 Å². The van der Waals surface area contributed by atoms with Gasteiger partial charge in [0.15, 0.2) is 9.84 Å². The van der Waals surface area contributed by atoms with Gasteiger partial charge in [-0.05, 0) is 12.5 Å². The summed E-state index contributed by atoms with van der Waals surface area (Å²) in [6.45, 7) is 1.18. The summed E-state index contributed by atoms with van der Waals surface area (Å²) in [5.74, 6) is -1.77. The first-order valence-electron chi connectivity index (χ1n) is 7.93. The van der Waals surface area contributed by atoms with Crippen molar-refractivity contribution in [2.24, 2.45) is 0 Å². The van der Waals surface area contributed by atoms with Gasteiger partial charge in [-0.3, -0.25) is 13.8 Å². The number of aromatic carboxylic acids is 1. The maximum Gasteiger partial charge on any atom is 0.347 e. The van der Waals surface area contributed by atoms with Crippen molar-refractivity contribution in [3.05, 3.63) is 73.4 Å². The number of hydrogen-bond acceptors (Lipinski definition) is 6. The molecule has 0 bridgehead atoms. The lowest BCUT2D eigenvalue weighted by Gasteiger charge is -2.08. The molecule has 2 heterocycles. The van der Waals surface area contributed by atoms with E-state index in [1.807, 2.05) is 0 Å². The molecule has 2 aromatic heterocycles. The van der Waals surface area contributed by atoms with Crippen LogP contribution in [0.5, 0.6) is 0 Å². The lowest BCUT2D eigenvalue weighted by atomic mass is 10.2. The van der Waals surface area contributed by atoms with E-state index >= 15 is 0 Å². The van der Waals surface area contributed by atoms with Gasteiger partial charge in [-0.25, -0.2) is 18.0 Å². The monoisotopic (exact) mass is 408 g/mol. The number of fused-ring (bicyclic) bond motifs is 1. The van der Waals surface area contributed by atoms with Gasteiger partial charge >= 0.3 is 11.7 Å². The summed E-state index contributed by atoms with van der Waals surface area (Å²) in [7, 11) is -3.54. The van der Waals surface area contributed by atoms with Crippen molar-refractivity contribution in [1.82, 2.24) is 8.97 Å². The van der Waals surface area contributed by atoms with E-state index in [-0.39, 0.29) is 33.3 Å². The second-order valence-corrected chi connectivity index (χ2v) is 9.23. The Morgan fingerprint density at radius 3 is 2.48 bits per heavy atom. The fourth-order valence-electron chi connectivity index (χ4n) is 2.69. The normalized spacial score (nSPS) is 11.7. The number of carboxylic acids is 1. The van der Waals surface area contributed by atoms with E-state index in [9.17, 15) is 22.8 Å². The summed E-state index contributed by atoms with van der Waals surface area (Å²) in [5.41, 5.74) is -0.544. The minimum atomic E-state index is -3.54. The highest BCUT2D eigenvalue weighted by atomic mass is 32.2. The molecule has 8 nitrogen and oxygen atoms in total. The van der Waals surface area contributed by atoms with Gasteiger partial charge in [-0.2, -0.15) is 0 Å². The number of benzene rings is 1. The Balaban J connectivity index is 1.94. The molecule has 0 amide bonds. The minimum Gasteiger partial charge on any atom is -0.477 e. The second kappa shape index (κ2) is 7.12. The average Bonchev–Trinajstić information content (AvgIpc) is 3.06. The predicted octanol–water partition coefficient (Wildman–Crippen LogP) is 1.14. The van der Waals surface area contributed by atoms with Crippen LogP contribution in [0, 0.1) is 6.92 Å². The number of sulfone groups is 1. The van der Waals surface area contributed by atoms with Crippen LogP contribution in [0.4, 0.5) is 0 Å². The molecule has 0 aliphatic rings. The molecule has 3 rings (SSSR count). The zero-order valence-corrected chi connectivity index (χ0v) is 15.9. The number of nitrogens with zero attached hydrogens (tertiary/aromatic N) is 2. The molecule has 3 aromatic rings. The fraction of sp³-hybridized carbons (Fsp3) is 0.235. The quantitative estimate of drug-likeness (QED) is 0.654. The van der Waals surface area contributed by atoms with Gasteiger partial charge in [0, 0.05) is 18.3 Å². The van der Waals surface area contributed by atoms with Crippen LogP contribution >= 0.6 is 11.3 Å². The first-order valence-corrected chi connectivity index (χ1v) is 10.6. The van der Waals surface area contributed by atoms with Crippen LogP contribution in [0.15, 0.2) is 46.1 Å². The molecular formula is C17H16N2O6S2. The molecule has 1 N–H and O–H groups in total. The zero-order chi connectivity index (χ0) is 19.8. The topological polar surface area (TPSA) is 115 Å². The first-order chi connectivity index (χ1) is 12.7. The smallest absolute Gasteiger partial charge is 0.347 e. The molecule has 1 aromatic carbocycles. The van der Waals surface area contributed by atoms with Gasteiger partial charge in [0.25, 0.3) is 5.56 Å². The number of aromatic nitrogens is 2. The summed E-state index contributed by atoms with van der Waals surface area (Å²) < 4.78 is 26.6. The largest absolute Gasteiger partial charge is 0.477 e. The Morgan fingerprint density at radius 1 is 1.19 bits per heavy atom. The molecule has 0 atom stereocenters. The SMILES string of the molecule is Cc1c(=O)n(CCS(=O)(=O)Cc2ccccc2)c(=O)n2cc(C(=O)O)sc12. The van der Waals surface area contributed by atoms with Gasteiger partial charge in [0.05, 0.1) is 11.5 Å². The van der Waals surface area contributed by atoms with Crippen molar-refractivity contribution in [3.8, 4) is 0 Å². The maximum absolute atomic E-state index is 12.6. The van der Waals surface area contributed by atoms with Crippen LogP contribution in [0.2, 0.25) is 0 Å². The summed E-state index contributed by atoms with van der Waals surface area (Å²) >= 11 is 0.826. The average molecular weight is 408 g/mol. The molecule has 10 heteroatoms. The molecule has 27 heavy (non-hydrogen) atoms. The third kappa shape index (κ3) is 3.86. The van der Waals surface area contributed by atoms with E-state index in [4.69, 9.17) is 5.11 Å². The zero-order valence-electron chi connectivity index (χ0n) is 14.3. The Bertz CT molecular complexity index is 1240. The molecule has 0 aliphatic heterocycles. The van der Waals surface area contributed by atoms with E-state index in [1.54, 1.807) is 30.3 Å². The Kier molecular flexibility index (Phi) is 5.03. The molecule has 0 aliphatic carbocycles. The van der Waals surface area contributed by atoms with Gasteiger partial charge < -0.3 is 5.11 Å². The van der Waals surface area contributed by atoms with Crippen molar-refractivity contribution in [2.45, 2.75) is 19.2 Å². The molecule has 0 fully saturated rings. The first kappa shape index (κ1) is 19.1. The molecular weight excluding hydrogens is 392 g/mol. The number of carboxylic acid groups (broad SMARTS) is 1. The highest BCUT2D eigenvalue weighted by Gasteiger charge is 2.19. The Hall–Kier alpha value is -2.72. The Morgan fingerprint density at radius 2 is 1.85 bits per heavy atom. The summed E-state index contributed by atoms with van der Waals surface area (Å²) in [6, 6.07) is 8.62.